The van der Waals surface area contributed by atoms with Crippen molar-refractivity contribution in [2.24, 2.45) is 0 Å². The van der Waals surface area contributed by atoms with Crippen LogP contribution >= 0.6 is 0 Å². The SMILES string of the molecule is Cc1nc(NC(=O)c2nc(C)n(-c3ccccc3)c2C)ccc1F. The van der Waals surface area contributed by atoms with E-state index < -0.39 is 5.82 Å². The summed E-state index contributed by atoms with van der Waals surface area (Å²) in [6.45, 7) is 5.23. The topological polar surface area (TPSA) is 59.8 Å². The molecule has 0 atom stereocenters. The van der Waals surface area contributed by atoms with E-state index in [1.807, 2.05) is 48.7 Å². The Bertz CT molecular complexity index is 903. The molecule has 1 amide bonds. The second-order valence-corrected chi connectivity index (χ2v) is 5.48. The number of hydrogen-bond acceptors (Lipinski definition) is 3. The Morgan fingerprint density at radius 1 is 1.04 bits per heavy atom. The number of benzene rings is 1. The standard InChI is InChI=1S/C18H17FN4O/c1-11-15(19)9-10-16(20-11)22-18(24)17-12(2)23(13(3)21-17)14-7-5-4-6-8-14/h4-10H,1-3H3,(H,20,22,24). The Morgan fingerprint density at radius 2 is 1.75 bits per heavy atom. The first-order chi connectivity index (χ1) is 11.5. The van der Waals surface area contributed by atoms with Crippen molar-refractivity contribution in [2.75, 3.05) is 5.32 Å². The summed E-state index contributed by atoms with van der Waals surface area (Å²) in [7, 11) is 0. The molecule has 1 aromatic carbocycles. The van der Waals surface area contributed by atoms with Crippen molar-refractivity contribution < 1.29 is 9.18 Å². The van der Waals surface area contributed by atoms with Crippen molar-refractivity contribution >= 4 is 11.7 Å². The fraction of sp³-hybridized carbons (Fsp3) is 0.167. The van der Waals surface area contributed by atoms with Crippen molar-refractivity contribution in [1.29, 1.82) is 0 Å². The average molecular weight is 324 g/mol. The Balaban J connectivity index is 1.92. The van der Waals surface area contributed by atoms with Crippen LogP contribution < -0.4 is 5.32 Å². The van der Waals surface area contributed by atoms with E-state index in [1.165, 1.54) is 12.1 Å². The van der Waals surface area contributed by atoms with E-state index in [0.29, 0.717) is 17.3 Å². The maximum atomic E-state index is 13.3. The molecule has 3 rings (SSSR count). The van der Waals surface area contributed by atoms with Crippen LogP contribution in [-0.4, -0.2) is 20.4 Å². The smallest absolute Gasteiger partial charge is 0.277 e. The van der Waals surface area contributed by atoms with E-state index in [1.54, 1.807) is 6.92 Å². The van der Waals surface area contributed by atoms with E-state index in [0.717, 1.165) is 11.4 Å². The van der Waals surface area contributed by atoms with Gasteiger partial charge in [0.15, 0.2) is 0 Å². The second kappa shape index (κ2) is 6.23. The summed E-state index contributed by atoms with van der Waals surface area (Å²) in [6, 6.07) is 12.4. The molecule has 5 nitrogen and oxygen atoms in total. The van der Waals surface area contributed by atoms with E-state index in [4.69, 9.17) is 0 Å². The van der Waals surface area contributed by atoms with Crippen LogP contribution in [0.25, 0.3) is 5.69 Å². The highest BCUT2D eigenvalue weighted by molar-refractivity contribution is 6.03. The number of hydrogen-bond donors (Lipinski definition) is 1. The summed E-state index contributed by atoms with van der Waals surface area (Å²) >= 11 is 0. The molecule has 0 radical (unpaired) electrons. The van der Waals surface area contributed by atoms with Gasteiger partial charge < -0.3 is 9.88 Å². The number of nitrogens with one attached hydrogen (secondary N) is 1. The lowest BCUT2D eigenvalue weighted by molar-refractivity contribution is 0.102. The number of halogens is 1. The van der Waals surface area contributed by atoms with Gasteiger partial charge >= 0.3 is 0 Å². The molecule has 0 saturated carbocycles. The van der Waals surface area contributed by atoms with Gasteiger partial charge in [0.05, 0.1) is 11.4 Å². The van der Waals surface area contributed by atoms with E-state index in [9.17, 15) is 9.18 Å². The zero-order valence-electron chi connectivity index (χ0n) is 13.7. The molecule has 2 aromatic heterocycles. The molecule has 0 fully saturated rings. The van der Waals surface area contributed by atoms with Gasteiger partial charge in [0, 0.05) is 5.69 Å². The summed E-state index contributed by atoms with van der Waals surface area (Å²) in [5, 5.41) is 2.67. The summed E-state index contributed by atoms with van der Waals surface area (Å²) in [5.74, 6) is 0.231. The molecule has 122 valence electrons. The quantitative estimate of drug-likeness (QED) is 0.801. The zero-order valence-corrected chi connectivity index (χ0v) is 13.7. The number of aromatic nitrogens is 3. The number of nitrogens with zero attached hydrogens (tertiary/aromatic N) is 3. The van der Waals surface area contributed by atoms with Gasteiger partial charge in [-0.25, -0.2) is 14.4 Å². The predicted octanol–water partition coefficient (Wildman–Crippen LogP) is 3.58. The van der Waals surface area contributed by atoms with E-state index in [-0.39, 0.29) is 11.6 Å². The number of pyridine rings is 1. The van der Waals surface area contributed by atoms with E-state index in [2.05, 4.69) is 15.3 Å². The molecule has 6 heteroatoms. The number of carbonyl (C=O) groups is 1. The van der Waals surface area contributed by atoms with Crippen LogP contribution in [0.3, 0.4) is 0 Å². The molecule has 24 heavy (non-hydrogen) atoms. The number of para-hydroxylation sites is 1. The van der Waals surface area contributed by atoms with Gasteiger partial charge in [0.2, 0.25) is 0 Å². The fourth-order valence-electron chi connectivity index (χ4n) is 2.60. The Morgan fingerprint density at radius 3 is 2.42 bits per heavy atom. The zero-order chi connectivity index (χ0) is 17.3. The maximum Gasteiger partial charge on any atom is 0.277 e. The van der Waals surface area contributed by atoms with Crippen molar-refractivity contribution in [3.63, 3.8) is 0 Å². The highest BCUT2D eigenvalue weighted by Crippen LogP contribution is 2.19. The minimum atomic E-state index is -0.409. The van der Waals surface area contributed by atoms with Gasteiger partial charge in [0.25, 0.3) is 5.91 Å². The summed E-state index contributed by atoms with van der Waals surface area (Å²) in [4.78, 5) is 20.9. The fourth-order valence-corrected chi connectivity index (χ4v) is 2.60. The van der Waals surface area contributed by atoms with Gasteiger partial charge in [-0.2, -0.15) is 0 Å². The maximum absolute atomic E-state index is 13.3. The number of anilines is 1. The number of rotatable bonds is 3. The van der Waals surface area contributed by atoms with Gasteiger partial charge in [0.1, 0.15) is 23.2 Å². The van der Waals surface area contributed by atoms with Crippen LogP contribution in [0.4, 0.5) is 10.2 Å². The van der Waals surface area contributed by atoms with Crippen LogP contribution in [0.2, 0.25) is 0 Å². The normalized spacial score (nSPS) is 10.7. The van der Waals surface area contributed by atoms with Crippen LogP contribution in [0, 0.1) is 26.6 Å². The highest BCUT2D eigenvalue weighted by Gasteiger charge is 2.19. The lowest BCUT2D eigenvalue weighted by Gasteiger charge is -2.08. The third kappa shape index (κ3) is 2.90. The molecule has 0 spiro atoms. The minimum absolute atomic E-state index is 0.232. The molecule has 0 aliphatic rings. The van der Waals surface area contributed by atoms with Crippen molar-refractivity contribution in [3.05, 3.63) is 71.2 Å². The van der Waals surface area contributed by atoms with Crippen molar-refractivity contribution in [3.8, 4) is 5.69 Å². The molecule has 0 aliphatic heterocycles. The van der Waals surface area contributed by atoms with Gasteiger partial charge in [-0.05, 0) is 45.0 Å². The second-order valence-electron chi connectivity index (χ2n) is 5.48. The van der Waals surface area contributed by atoms with Crippen molar-refractivity contribution in [1.82, 2.24) is 14.5 Å². The lowest BCUT2D eigenvalue weighted by atomic mass is 10.2. The number of aryl methyl sites for hydroxylation is 2. The van der Waals surface area contributed by atoms with Crippen LogP contribution in [0.5, 0.6) is 0 Å². The molecule has 0 aliphatic carbocycles. The van der Waals surface area contributed by atoms with Gasteiger partial charge in [-0.1, -0.05) is 18.2 Å². The molecular weight excluding hydrogens is 307 g/mol. The molecule has 1 N–H and O–H groups in total. The third-order valence-electron chi connectivity index (χ3n) is 3.77. The number of carbonyl (C=O) groups excluding carboxylic acids is 1. The van der Waals surface area contributed by atoms with Crippen LogP contribution in [0.1, 0.15) is 27.7 Å². The minimum Gasteiger partial charge on any atom is -0.305 e. The predicted molar refractivity (Wildman–Crippen MR) is 89.9 cm³/mol. The molecule has 2 heterocycles. The van der Waals surface area contributed by atoms with Crippen molar-refractivity contribution in [2.45, 2.75) is 20.8 Å². The molecule has 3 aromatic rings. The van der Waals surface area contributed by atoms with E-state index >= 15 is 0 Å². The first-order valence-electron chi connectivity index (χ1n) is 7.53. The first-order valence-corrected chi connectivity index (χ1v) is 7.53. The molecular formula is C18H17FN4O. The van der Waals surface area contributed by atoms with Crippen LogP contribution in [-0.2, 0) is 0 Å². The number of imidazole rings is 1. The summed E-state index contributed by atoms with van der Waals surface area (Å²) in [5.41, 5.74) is 2.22. The molecule has 0 unspecified atom stereocenters. The highest BCUT2D eigenvalue weighted by atomic mass is 19.1. The molecule has 0 bridgehead atoms. The monoisotopic (exact) mass is 324 g/mol. The summed E-state index contributed by atoms with van der Waals surface area (Å²) < 4.78 is 15.2. The lowest BCUT2D eigenvalue weighted by Crippen LogP contribution is -2.15. The molecule has 0 saturated heterocycles. The van der Waals surface area contributed by atoms with Gasteiger partial charge in [-0.3, -0.25) is 4.79 Å². The Hall–Kier alpha value is -3.02. The largest absolute Gasteiger partial charge is 0.305 e. The summed E-state index contributed by atoms with van der Waals surface area (Å²) in [6.07, 6.45) is 0. The Kier molecular flexibility index (Phi) is 4.12. The number of amides is 1. The first kappa shape index (κ1) is 15.9. The average Bonchev–Trinajstić information content (AvgIpc) is 2.86. The van der Waals surface area contributed by atoms with Crippen LogP contribution in [0.15, 0.2) is 42.5 Å². The van der Waals surface area contributed by atoms with Gasteiger partial charge in [-0.15, -0.1) is 0 Å². The third-order valence-corrected chi connectivity index (χ3v) is 3.77. The Labute approximate surface area is 139 Å².